The largest absolute Gasteiger partial charge is 0.494 e. The molecule has 6 heteroatoms. The van der Waals surface area contributed by atoms with Crippen molar-refractivity contribution in [1.82, 2.24) is 4.98 Å². The van der Waals surface area contributed by atoms with E-state index in [-0.39, 0.29) is 10.8 Å². The molecular formula is C7H8BrNO3S. The van der Waals surface area contributed by atoms with E-state index in [4.69, 9.17) is 4.74 Å². The number of nitrogens with zero attached hydrogens (tertiary/aromatic N) is 1. The first kappa shape index (κ1) is 10.5. The second-order valence-electron chi connectivity index (χ2n) is 2.41. The molecule has 0 amide bonds. The summed E-state index contributed by atoms with van der Waals surface area (Å²) in [6.07, 6.45) is 1.09. The maximum absolute atomic E-state index is 11.2. The highest BCUT2D eigenvalue weighted by Gasteiger charge is 2.15. The van der Waals surface area contributed by atoms with Gasteiger partial charge in [0.25, 0.3) is 0 Å². The second kappa shape index (κ2) is 3.63. The zero-order chi connectivity index (χ0) is 10.1. The fourth-order valence-corrected chi connectivity index (χ4v) is 2.03. The average Bonchev–Trinajstić information content (AvgIpc) is 2.03. The van der Waals surface area contributed by atoms with Crippen molar-refractivity contribution >= 4 is 25.8 Å². The summed E-state index contributed by atoms with van der Waals surface area (Å²) in [6, 6.07) is 3.17. The van der Waals surface area contributed by atoms with Crippen LogP contribution >= 0.6 is 15.9 Å². The summed E-state index contributed by atoms with van der Waals surface area (Å²) in [5.74, 6) is 0.255. The Bertz CT molecular complexity index is 416. The molecule has 1 aromatic rings. The molecule has 0 aliphatic rings. The molecule has 0 aliphatic heterocycles. The van der Waals surface area contributed by atoms with Crippen molar-refractivity contribution in [2.24, 2.45) is 0 Å². The van der Waals surface area contributed by atoms with Gasteiger partial charge < -0.3 is 4.74 Å². The third-order valence-corrected chi connectivity index (χ3v) is 2.80. The fourth-order valence-electron chi connectivity index (χ4n) is 0.826. The van der Waals surface area contributed by atoms with Gasteiger partial charge >= 0.3 is 0 Å². The van der Waals surface area contributed by atoms with Crippen molar-refractivity contribution in [3.8, 4) is 5.75 Å². The van der Waals surface area contributed by atoms with Crippen molar-refractivity contribution in [3.63, 3.8) is 0 Å². The minimum Gasteiger partial charge on any atom is -0.494 e. The number of sulfone groups is 1. The highest BCUT2D eigenvalue weighted by Crippen LogP contribution is 2.23. The predicted octanol–water partition coefficient (Wildman–Crippen LogP) is 1.26. The van der Waals surface area contributed by atoms with Gasteiger partial charge in [-0.2, -0.15) is 0 Å². The predicted molar refractivity (Wildman–Crippen MR) is 51.6 cm³/mol. The number of ether oxygens (including phenoxy) is 1. The molecule has 0 unspecified atom stereocenters. The average molecular weight is 266 g/mol. The molecular weight excluding hydrogens is 258 g/mol. The molecule has 4 nitrogen and oxygen atoms in total. The Kier molecular flexibility index (Phi) is 2.92. The summed E-state index contributed by atoms with van der Waals surface area (Å²) in [5.41, 5.74) is 0. The number of rotatable bonds is 2. The Labute approximate surface area is 85.0 Å². The Hall–Kier alpha value is -0.620. The quantitative estimate of drug-likeness (QED) is 0.756. The molecule has 0 radical (unpaired) electrons. The number of aromatic nitrogens is 1. The molecule has 1 rings (SSSR count). The number of hydrogen-bond acceptors (Lipinski definition) is 4. The Morgan fingerprint density at radius 3 is 2.54 bits per heavy atom. The molecule has 0 bridgehead atoms. The molecule has 0 aliphatic carbocycles. The first-order valence-electron chi connectivity index (χ1n) is 3.35. The summed E-state index contributed by atoms with van der Waals surface area (Å²) in [5, 5.41) is -0.0515. The summed E-state index contributed by atoms with van der Waals surface area (Å²) >= 11 is 3.09. The second-order valence-corrected chi connectivity index (χ2v) is 5.16. The standard InChI is InChI=1S/C7H8BrNO3S/c1-12-5-3-4-6(8)9-7(5)13(2,10)11/h3-4H,1-2H3. The zero-order valence-corrected chi connectivity index (χ0v) is 9.52. The number of pyridine rings is 1. The van der Waals surface area contributed by atoms with Gasteiger partial charge in [0.1, 0.15) is 4.60 Å². The monoisotopic (exact) mass is 265 g/mol. The van der Waals surface area contributed by atoms with Crippen LogP contribution in [0.2, 0.25) is 0 Å². The molecule has 0 fully saturated rings. The highest BCUT2D eigenvalue weighted by molar-refractivity contribution is 9.10. The van der Waals surface area contributed by atoms with E-state index in [2.05, 4.69) is 20.9 Å². The van der Waals surface area contributed by atoms with Crippen molar-refractivity contribution in [2.75, 3.05) is 13.4 Å². The number of hydrogen-bond donors (Lipinski definition) is 0. The highest BCUT2D eigenvalue weighted by atomic mass is 79.9. The van der Waals surface area contributed by atoms with Gasteiger partial charge in [-0.25, -0.2) is 13.4 Å². The Morgan fingerprint density at radius 2 is 2.08 bits per heavy atom. The molecule has 0 atom stereocenters. The van der Waals surface area contributed by atoms with Crippen molar-refractivity contribution in [3.05, 3.63) is 16.7 Å². The minimum absolute atomic E-state index is 0.0515. The summed E-state index contributed by atoms with van der Waals surface area (Å²) in [7, 11) is -1.93. The van der Waals surface area contributed by atoms with Crippen LogP contribution in [0.25, 0.3) is 0 Å². The van der Waals surface area contributed by atoms with E-state index in [0.29, 0.717) is 4.60 Å². The maximum Gasteiger partial charge on any atom is 0.198 e. The van der Waals surface area contributed by atoms with Gasteiger partial charge in [0.2, 0.25) is 0 Å². The van der Waals surface area contributed by atoms with Gasteiger partial charge in [0.15, 0.2) is 20.6 Å². The van der Waals surface area contributed by atoms with Crippen LogP contribution in [0, 0.1) is 0 Å². The van der Waals surface area contributed by atoms with Crippen LogP contribution in [-0.4, -0.2) is 26.8 Å². The number of halogens is 1. The van der Waals surface area contributed by atoms with Crippen LogP contribution in [0.5, 0.6) is 5.75 Å². The van der Waals surface area contributed by atoms with Crippen LogP contribution in [0.1, 0.15) is 0 Å². The van der Waals surface area contributed by atoms with E-state index in [1.165, 1.54) is 7.11 Å². The molecule has 1 aromatic heterocycles. The molecule has 0 saturated heterocycles. The third kappa shape index (κ3) is 2.41. The molecule has 0 saturated carbocycles. The van der Waals surface area contributed by atoms with E-state index in [1.54, 1.807) is 12.1 Å². The van der Waals surface area contributed by atoms with Crippen LogP contribution in [-0.2, 0) is 9.84 Å². The lowest BCUT2D eigenvalue weighted by Crippen LogP contribution is -2.03. The first-order valence-corrected chi connectivity index (χ1v) is 6.04. The topological polar surface area (TPSA) is 56.3 Å². The molecule has 0 aromatic carbocycles. The zero-order valence-electron chi connectivity index (χ0n) is 7.11. The lowest BCUT2D eigenvalue weighted by Gasteiger charge is -2.04. The van der Waals surface area contributed by atoms with Crippen molar-refractivity contribution < 1.29 is 13.2 Å². The van der Waals surface area contributed by atoms with E-state index in [9.17, 15) is 8.42 Å². The van der Waals surface area contributed by atoms with Crippen LogP contribution in [0.15, 0.2) is 21.8 Å². The molecule has 72 valence electrons. The van der Waals surface area contributed by atoms with Crippen LogP contribution in [0.4, 0.5) is 0 Å². The molecule has 13 heavy (non-hydrogen) atoms. The minimum atomic E-state index is -3.33. The van der Waals surface area contributed by atoms with Gasteiger partial charge in [-0.1, -0.05) is 0 Å². The van der Waals surface area contributed by atoms with E-state index >= 15 is 0 Å². The van der Waals surface area contributed by atoms with E-state index in [1.807, 2.05) is 0 Å². The Morgan fingerprint density at radius 1 is 1.46 bits per heavy atom. The SMILES string of the molecule is COc1ccc(Br)nc1S(C)(=O)=O. The summed E-state index contributed by atoms with van der Waals surface area (Å²) in [4.78, 5) is 3.82. The molecule has 0 N–H and O–H groups in total. The lowest BCUT2D eigenvalue weighted by atomic mass is 10.5. The summed E-state index contributed by atoms with van der Waals surface area (Å²) < 4.78 is 27.7. The summed E-state index contributed by atoms with van der Waals surface area (Å²) in [6.45, 7) is 0. The van der Waals surface area contributed by atoms with E-state index < -0.39 is 9.84 Å². The normalized spacial score (nSPS) is 11.3. The fraction of sp³-hybridized carbons (Fsp3) is 0.286. The number of methoxy groups -OCH3 is 1. The molecule has 0 spiro atoms. The van der Waals surface area contributed by atoms with Crippen LogP contribution < -0.4 is 4.74 Å². The van der Waals surface area contributed by atoms with Gasteiger partial charge in [0, 0.05) is 6.26 Å². The Balaban J connectivity index is 3.41. The van der Waals surface area contributed by atoms with Gasteiger partial charge in [-0.05, 0) is 28.1 Å². The third-order valence-electron chi connectivity index (χ3n) is 1.36. The van der Waals surface area contributed by atoms with Crippen LogP contribution in [0.3, 0.4) is 0 Å². The lowest BCUT2D eigenvalue weighted by molar-refractivity contribution is 0.398. The van der Waals surface area contributed by atoms with Crippen molar-refractivity contribution in [1.29, 1.82) is 0 Å². The van der Waals surface area contributed by atoms with Crippen molar-refractivity contribution in [2.45, 2.75) is 5.03 Å². The smallest absolute Gasteiger partial charge is 0.198 e. The first-order chi connectivity index (χ1) is 5.95. The van der Waals surface area contributed by atoms with E-state index in [0.717, 1.165) is 6.26 Å². The molecule has 1 heterocycles. The van der Waals surface area contributed by atoms with Gasteiger partial charge in [-0.15, -0.1) is 0 Å². The van der Waals surface area contributed by atoms with Gasteiger partial charge in [0.05, 0.1) is 7.11 Å². The maximum atomic E-state index is 11.2. The van der Waals surface area contributed by atoms with Gasteiger partial charge in [-0.3, -0.25) is 0 Å².